The van der Waals surface area contributed by atoms with Gasteiger partial charge in [0.05, 0.1) is 17.7 Å². The minimum atomic E-state index is -0.308. The molecule has 0 spiro atoms. The summed E-state index contributed by atoms with van der Waals surface area (Å²) in [6, 6.07) is 14.3. The highest BCUT2D eigenvalue weighted by Crippen LogP contribution is 2.25. The molecule has 3 heterocycles. The topological polar surface area (TPSA) is 98.9 Å². The predicted octanol–water partition coefficient (Wildman–Crippen LogP) is 1.68. The van der Waals surface area contributed by atoms with E-state index in [9.17, 15) is 14.4 Å². The second-order valence-corrected chi connectivity index (χ2v) is 6.92. The van der Waals surface area contributed by atoms with Crippen LogP contribution in [0, 0.1) is 0 Å². The summed E-state index contributed by atoms with van der Waals surface area (Å²) in [5.74, 6) is 0.516. The summed E-state index contributed by atoms with van der Waals surface area (Å²) < 4.78 is 0. The fourth-order valence-corrected chi connectivity index (χ4v) is 3.52. The molecule has 7 nitrogen and oxygen atoms in total. The van der Waals surface area contributed by atoms with E-state index >= 15 is 0 Å². The van der Waals surface area contributed by atoms with Crippen LogP contribution < -0.4 is 11.1 Å². The van der Waals surface area contributed by atoms with Gasteiger partial charge in [-0.1, -0.05) is 30.3 Å². The Kier molecular flexibility index (Phi) is 4.89. The first-order valence-corrected chi connectivity index (χ1v) is 9.21. The summed E-state index contributed by atoms with van der Waals surface area (Å²) in [4.78, 5) is 48.4. The Balaban J connectivity index is 1.53. The highest BCUT2D eigenvalue weighted by molar-refractivity contribution is 5.79. The third kappa shape index (κ3) is 3.78. The van der Waals surface area contributed by atoms with Crippen LogP contribution in [0.3, 0.4) is 0 Å². The molecule has 2 N–H and O–H groups in total. The van der Waals surface area contributed by atoms with Crippen LogP contribution in [0.1, 0.15) is 23.7 Å². The molecule has 0 radical (unpaired) electrons. The second-order valence-electron chi connectivity index (χ2n) is 6.92. The van der Waals surface area contributed by atoms with E-state index in [4.69, 9.17) is 0 Å². The number of nitrogens with one attached hydrogen (secondary N) is 2. The molecule has 4 rings (SSSR count). The van der Waals surface area contributed by atoms with Crippen molar-refractivity contribution in [2.75, 3.05) is 13.1 Å². The van der Waals surface area contributed by atoms with Gasteiger partial charge in [-0.3, -0.25) is 14.4 Å². The molecule has 2 aromatic heterocycles. The minimum Gasteiger partial charge on any atom is -0.342 e. The van der Waals surface area contributed by atoms with Crippen LogP contribution in [0.4, 0.5) is 0 Å². The number of H-pyrrole nitrogens is 2. The fraction of sp³-hybridized carbons (Fsp3) is 0.238. The van der Waals surface area contributed by atoms with E-state index in [1.54, 1.807) is 17.0 Å². The molecule has 3 aromatic rings. The molecule has 7 heteroatoms. The highest BCUT2D eigenvalue weighted by atomic mass is 16.2. The summed E-state index contributed by atoms with van der Waals surface area (Å²) >= 11 is 0. The van der Waals surface area contributed by atoms with Crippen LogP contribution in [-0.2, 0) is 11.2 Å². The van der Waals surface area contributed by atoms with Gasteiger partial charge in [-0.25, -0.2) is 4.98 Å². The first-order chi connectivity index (χ1) is 13.6. The minimum absolute atomic E-state index is 0.0600. The van der Waals surface area contributed by atoms with Crippen molar-refractivity contribution in [2.45, 2.75) is 18.8 Å². The number of hydrogen-bond donors (Lipinski definition) is 2. The molecule has 0 aliphatic carbocycles. The Morgan fingerprint density at radius 1 is 1.14 bits per heavy atom. The second kappa shape index (κ2) is 7.64. The molecule has 0 bridgehead atoms. The normalized spacial score (nSPS) is 16.3. The first kappa shape index (κ1) is 17.9. The lowest BCUT2D eigenvalue weighted by Gasteiger charge is -2.16. The van der Waals surface area contributed by atoms with E-state index < -0.39 is 0 Å². The van der Waals surface area contributed by atoms with Crippen LogP contribution in [-0.4, -0.2) is 38.8 Å². The van der Waals surface area contributed by atoms with E-state index in [1.165, 1.54) is 12.3 Å². The Labute approximate surface area is 161 Å². The molecule has 0 saturated carbocycles. The van der Waals surface area contributed by atoms with E-state index in [0.717, 1.165) is 12.0 Å². The van der Waals surface area contributed by atoms with Crippen LogP contribution in [0.2, 0.25) is 0 Å². The zero-order chi connectivity index (χ0) is 19.5. The van der Waals surface area contributed by atoms with Gasteiger partial charge in [0.15, 0.2) is 0 Å². The van der Waals surface area contributed by atoms with Gasteiger partial charge in [0.2, 0.25) is 5.91 Å². The number of nitrogens with zero attached hydrogens (tertiary/aromatic N) is 2. The average molecular weight is 376 g/mol. The molecule has 28 heavy (non-hydrogen) atoms. The van der Waals surface area contributed by atoms with Crippen molar-refractivity contribution in [3.63, 3.8) is 0 Å². The smallest absolute Gasteiger partial charge is 0.257 e. The van der Waals surface area contributed by atoms with Gasteiger partial charge in [-0.2, -0.15) is 0 Å². The van der Waals surface area contributed by atoms with E-state index in [2.05, 4.69) is 15.0 Å². The van der Waals surface area contributed by atoms with Gasteiger partial charge in [-0.05, 0) is 24.1 Å². The molecule has 1 aliphatic rings. The van der Waals surface area contributed by atoms with Crippen molar-refractivity contribution in [1.29, 1.82) is 0 Å². The molecule has 0 unspecified atom stereocenters. The number of pyridine rings is 1. The summed E-state index contributed by atoms with van der Waals surface area (Å²) in [6.45, 7) is 1.12. The third-order valence-electron chi connectivity index (χ3n) is 4.98. The first-order valence-electron chi connectivity index (χ1n) is 9.21. The zero-order valence-corrected chi connectivity index (χ0v) is 15.2. The maximum Gasteiger partial charge on any atom is 0.257 e. The molecule has 1 aromatic carbocycles. The predicted molar refractivity (Wildman–Crippen MR) is 105 cm³/mol. The monoisotopic (exact) mass is 376 g/mol. The van der Waals surface area contributed by atoms with Crippen molar-refractivity contribution in [2.24, 2.45) is 0 Å². The lowest BCUT2D eigenvalue weighted by Crippen LogP contribution is -2.30. The Morgan fingerprint density at radius 3 is 2.75 bits per heavy atom. The number of rotatable bonds is 4. The molecule has 1 saturated heterocycles. The molecule has 1 atom stereocenters. The van der Waals surface area contributed by atoms with E-state index in [-0.39, 0.29) is 22.9 Å². The standard InChI is InChI=1S/C21H20N4O3/c26-18-12-17(16-7-4-9-22-21(16)28)23-20(24-18)15-8-10-25(13-15)19(27)11-14-5-2-1-3-6-14/h1-7,9,12,15H,8,10-11,13H2,(H,22,28)(H,23,24,26)/t15-/m1/s1. The molecular weight excluding hydrogens is 356 g/mol. The van der Waals surface area contributed by atoms with Crippen molar-refractivity contribution in [3.05, 3.63) is 86.8 Å². The fourth-order valence-electron chi connectivity index (χ4n) is 3.52. The molecule has 1 aliphatic heterocycles. The SMILES string of the molecule is O=C(Cc1ccccc1)N1CC[C@@H](c2nc(-c3ccc[nH]c3=O)cc(=O)[nH]2)C1. The maximum absolute atomic E-state index is 12.6. The highest BCUT2D eigenvalue weighted by Gasteiger charge is 2.29. The van der Waals surface area contributed by atoms with Gasteiger partial charge < -0.3 is 14.9 Å². The number of aromatic nitrogens is 3. The molecule has 1 fully saturated rings. The third-order valence-corrected chi connectivity index (χ3v) is 4.98. The molecule has 142 valence electrons. The summed E-state index contributed by atoms with van der Waals surface area (Å²) in [5.41, 5.74) is 1.07. The van der Waals surface area contributed by atoms with Crippen molar-refractivity contribution < 1.29 is 4.79 Å². The van der Waals surface area contributed by atoms with E-state index in [1.807, 2.05) is 30.3 Å². The summed E-state index contributed by atoms with van der Waals surface area (Å²) in [7, 11) is 0. The van der Waals surface area contributed by atoms with Crippen molar-refractivity contribution >= 4 is 5.91 Å². The molecule has 1 amide bonds. The number of aromatic amines is 2. The lowest BCUT2D eigenvalue weighted by atomic mass is 10.1. The van der Waals surface area contributed by atoms with Gasteiger partial charge in [0.25, 0.3) is 11.1 Å². The number of carbonyl (C=O) groups excluding carboxylic acids is 1. The Hall–Kier alpha value is -3.48. The largest absolute Gasteiger partial charge is 0.342 e. The van der Waals surface area contributed by atoms with Crippen LogP contribution in [0.15, 0.2) is 64.3 Å². The number of carbonyl (C=O) groups is 1. The Bertz CT molecular complexity index is 1100. The average Bonchev–Trinajstić information content (AvgIpc) is 3.19. The van der Waals surface area contributed by atoms with Crippen LogP contribution in [0.5, 0.6) is 0 Å². The van der Waals surface area contributed by atoms with Crippen LogP contribution >= 0.6 is 0 Å². The lowest BCUT2D eigenvalue weighted by molar-refractivity contribution is -0.129. The summed E-state index contributed by atoms with van der Waals surface area (Å²) in [5, 5.41) is 0. The van der Waals surface area contributed by atoms with Gasteiger partial charge in [0, 0.05) is 31.3 Å². The maximum atomic E-state index is 12.6. The zero-order valence-electron chi connectivity index (χ0n) is 15.2. The quantitative estimate of drug-likeness (QED) is 0.724. The number of benzene rings is 1. The van der Waals surface area contributed by atoms with Crippen molar-refractivity contribution in [3.8, 4) is 11.3 Å². The van der Waals surface area contributed by atoms with Gasteiger partial charge in [0.1, 0.15) is 5.82 Å². The van der Waals surface area contributed by atoms with Crippen LogP contribution in [0.25, 0.3) is 11.3 Å². The van der Waals surface area contributed by atoms with Gasteiger partial charge in [-0.15, -0.1) is 0 Å². The number of hydrogen-bond acceptors (Lipinski definition) is 4. The van der Waals surface area contributed by atoms with Gasteiger partial charge >= 0.3 is 0 Å². The Morgan fingerprint density at radius 2 is 1.96 bits per heavy atom. The number of amides is 1. The molecular formula is C21H20N4O3. The van der Waals surface area contributed by atoms with Crippen molar-refractivity contribution in [1.82, 2.24) is 19.9 Å². The number of likely N-dealkylation sites (tertiary alicyclic amines) is 1. The summed E-state index contributed by atoms with van der Waals surface area (Å²) in [6.07, 6.45) is 2.61. The van der Waals surface area contributed by atoms with E-state index in [0.29, 0.717) is 36.6 Å².